The molecule has 0 saturated carbocycles. The highest BCUT2D eigenvalue weighted by Gasteiger charge is 2.30. The minimum Gasteiger partial charge on any atom is -0.481 e. The standard InChI is InChI=1S/C18H20FNO3S/c1-11-14-10-12(19)5-7-15(14)24-17(11)18(23)20-9-3-2-4-13(20)6-8-16(21)22/h5,7,10,13H,2-4,6,8-9H2,1H3,(H,21,22). The molecule has 0 aliphatic carbocycles. The van der Waals surface area contributed by atoms with Gasteiger partial charge in [0.2, 0.25) is 0 Å². The zero-order valence-electron chi connectivity index (χ0n) is 13.5. The van der Waals surface area contributed by atoms with Crippen molar-refractivity contribution in [1.29, 1.82) is 0 Å². The molecule has 24 heavy (non-hydrogen) atoms. The largest absolute Gasteiger partial charge is 0.481 e. The summed E-state index contributed by atoms with van der Waals surface area (Å²) in [7, 11) is 0. The molecular formula is C18H20FNO3S. The lowest BCUT2D eigenvalue weighted by atomic mass is 9.97. The summed E-state index contributed by atoms with van der Waals surface area (Å²) in [5.41, 5.74) is 0.807. The van der Waals surface area contributed by atoms with Gasteiger partial charge in [-0.15, -0.1) is 11.3 Å². The number of carboxylic acids is 1. The van der Waals surface area contributed by atoms with Crippen LogP contribution in [0.5, 0.6) is 0 Å². The van der Waals surface area contributed by atoms with Crippen LogP contribution in [0.4, 0.5) is 4.39 Å². The van der Waals surface area contributed by atoms with Gasteiger partial charge in [-0.3, -0.25) is 9.59 Å². The number of rotatable bonds is 4. The summed E-state index contributed by atoms with van der Waals surface area (Å²) in [5.74, 6) is -1.19. The smallest absolute Gasteiger partial charge is 0.303 e. The van der Waals surface area contributed by atoms with Crippen LogP contribution in [-0.2, 0) is 4.79 Å². The number of aliphatic carboxylic acids is 1. The van der Waals surface area contributed by atoms with E-state index in [0.29, 0.717) is 17.8 Å². The molecule has 2 heterocycles. The van der Waals surface area contributed by atoms with Gasteiger partial charge < -0.3 is 10.0 Å². The number of carbonyl (C=O) groups excluding carboxylic acids is 1. The van der Waals surface area contributed by atoms with Gasteiger partial charge in [-0.05, 0) is 61.8 Å². The van der Waals surface area contributed by atoms with Crippen LogP contribution in [0.2, 0.25) is 0 Å². The summed E-state index contributed by atoms with van der Waals surface area (Å²) >= 11 is 1.39. The number of hydrogen-bond donors (Lipinski definition) is 1. The monoisotopic (exact) mass is 349 g/mol. The van der Waals surface area contributed by atoms with Gasteiger partial charge in [0.1, 0.15) is 5.82 Å². The van der Waals surface area contributed by atoms with Crippen LogP contribution in [0.25, 0.3) is 10.1 Å². The van der Waals surface area contributed by atoms with Crippen molar-refractivity contribution in [2.45, 2.75) is 45.1 Å². The van der Waals surface area contributed by atoms with Crippen molar-refractivity contribution in [2.24, 2.45) is 0 Å². The van der Waals surface area contributed by atoms with E-state index in [1.165, 1.54) is 23.5 Å². The maximum absolute atomic E-state index is 13.5. The van der Waals surface area contributed by atoms with Gasteiger partial charge in [0, 0.05) is 23.7 Å². The number of hydrogen-bond acceptors (Lipinski definition) is 3. The highest BCUT2D eigenvalue weighted by atomic mass is 32.1. The lowest BCUT2D eigenvalue weighted by Crippen LogP contribution is -2.43. The van der Waals surface area contributed by atoms with Crippen LogP contribution < -0.4 is 0 Å². The van der Waals surface area contributed by atoms with E-state index in [-0.39, 0.29) is 24.2 Å². The van der Waals surface area contributed by atoms with Crippen LogP contribution in [-0.4, -0.2) is 34.5 Å². The lowest BCUT2D eigenvalue weighted by molar-refractivity contribution is -0.137. The number of amides is 1. The zero-order chi connectivity index (χ0) is 17.3. The molecule has 1 aliphatic rings. The van der Waals surface area contributed by atoms with E-state index in [9.17, 15) is 14.0 Å². The molecule has 0 bridgehead atoms. The molecule has 6 heteroatoms. The predicted octanol–water partition coefficient (Wildman–Crippen LogP) is 4.21. The van der Waals surface area contributed by atoms with Crippen molar-refractivity contribution in [3.63, 3.8) is 0 Å². The molecule has 1 aliphatic heterocycles. The quantitative estimate of drug-likeness (QED) is 0.899. The normalized spacial score (nSPS) is 18.1. The first kappa shape index (κ1) is 16.9. The van der Waals surface area contributed by atoms with E-state index in [4.69, 9.17) is 5.11 Å². The van der Waals surface area contributed by atoms with Crippen molar-refractivity contribution >= 4 is 33.3 Å². The number of carbonyl (C=O) groups is 2. The van der Waals surface area contributed by atoms with Crippen LogP contribution in [0.15, 0.2) is 18.2 Å². The van der Waals surface area contributed by atoms with Crippen LogP contribution in [0.1, 0.15) is 47.3 Å². The van der Waals surface area contributed by atoms with Gasteiger partial charge >= 0.3 is 5.97 Å². The van der Waals surface area contributed by atoms with Crippen molar-refractivity contribution in [3.8, 4) is 0 Å². The van der Waals surface area contributed by atoms with E-state index >= 15 is 0 Å². The first-order valence-electron chi connectivity index (χ1n) is 8.19. The number of nitrogens with zero attached hydrogens (tertiary/aromatic N) is 1. The Hall–Kier alpha value is -1.95. The number of fused-ring (bicyclic) bond motifs is 1. The van der Waals surface area contributed by atoms with Gasteiger partial charge in [-0.2, -0.15) is 0 Å². The maximum atomic E-state index is 13.5. The first-order valence-corrected chi connectivity index (χ1v) is 9.00. The van der Waals surface area contributed by atoms with E-state index in [0.717, 1.165) is 34.9 Å². The number of piperidine rings is 1. The number of halogens is 1. The molecule has 3 rings (SSSR count). The van der Waals surface area contributed by atoms with Crippen molar-refractivity contribution in [1.82, 2.24) is 4.90 Å². The molecule has 1 atom stereocenters. The SMILES string of the molecule is Cc1c(C(=O)N2CCCCC2CCC(=O)O)sc2ccc(F)cc12. The first-order chi connectivity index (χ1) is 11.5. The second kappa shape index (κ2) is 6.89. The maximum Gasteiger partial charge on any atom is 0.303 e. The molecule has 1 fully saturated rings. The molecule has 1 saturated heterocycles. The Morgan fingerprint density at radius 2 is 2.17 bits per heavy atom. The second-order valence-electron chi connectivity index (χ2n) is 6.28. The molecule has 0 radical (unpaired) electrons. The molecule has 1 aromatic heterocycles. The molecule has 1 amide bonds. The average Bonchev–Trinajstić information content (AvgIpc) is 2.89. The fourth-order valence-corrected chi connectivity index (χ4v) is 4.53. The number of benzene rings is 1. The van der Waals surface area contributed by atoms with Crippen molar-refractivity contribution < 1.29 is 19.1 Å². The van der Waals surface area contributed by atoms with Crippen LogP contribution >= 0.6 is 11.3 Å². The summed E-state index contributed by atoms with van der Waals surface area (Å²) in [5, 5.41) is 9.69. The predicted molar refractivity (Wildman–Crippen MR) is 92.1 cm³/mol. The van der Waals surface area contributed by atoms with E-state index in [1.54, 1.807) is 6.07 Å². The van der Waals surface area contributed by atoms with Gasteiger partial charge in [-0.25, -0.2) is 4.39 Å². The number of aryl methyl sites for hydroxylation is 1. The minimum absolute atomic E-state index is 0.0244. The number of thiophene rings is 1. The number of carboxylic acid groups (broad SMARTS) is 1. The second-order valence-corrected chi connectivity index (χ2v) is 7.33. The average molecular weight is 349 g/mol. The highest BCUT2D eigenvalue weighted by molar-refractivity contribution is 7.21. The molecule has 128 valence electrons. The Kier molecular flexibility index (Phi) is 4.85. The highest BCUT2D eigenvalue weighted by Crippen LogP contribution is 2.34. The van der Waals surface area contributed by atoms with E-state index in [1.807, 2.05) is 11.8 Å². The Morgan fingerprint density at radius 3 is 2.92 bits per heavy atom. The summed E-state index contributed by atoms with van der Waals surface area (Å²) in [6.45, 7) is 2.51. The van der Waals surface area contributed by atoms with Gasteiger partial charge in [-0.1, -0.05) is 0 Å². The molecule has 1 aromatic carbocycles. The fourth-order valence-electron chi connectivity index (χ4n) is 3.39. The minimum atomic E-state index is -0.832. The molecule has 4 nitrogen and oxygen atoms in total. The van der Waals surface area contributed by atoms with E-state index < -0.39 is 5.97 Å². The van der Waals surface area contributed by atoms with Crippen LogP contribution in [0, 0.1) is 12.7 Å². The Morgan fingerprint density at radius 1 is 1.38 bits per heavy atom. The van der Waals surface area contributed by atoms with Crippen molar-refractivity contribution in [3.05, 3.63) is 34.5 Å². The molecule has 2 aromatic rings. The Balaban J connectivity index is 1.89. The number of likely N-dealkylation sites (tertiary alicyclic amines) is 1. The molecule has 1 N–H and O–H groups in total. The fraction of sp³-hybridized carbons (Fsp3) is 0.444. The third kappa shape index (κ3) is 3.29. The third-order valence-electron chi connectivity index (χ3n) is 4.67. The third-order valence-corrected chi connectivity index (χ3v) is 5.93. The zero-order valence-corrected chi connectivity index (χ0v) is 14.4. The Bertz CT molecular complexity index is 786. The van der Waals surface area contributed by atoms with Gasteiger partial charge in [0.05, 0.1) is 4.88 Å². The van der Waals surface area contributed by atoms with Gasteiger partial charge in [0.25, 0.3) is 5.91 Å². The topological polar surface area (TPSA) is 57.6 Å². The lowest BCUT2D eigenvalue weighted by Gasteiger charge is -2.35. The van der Waals surface area contributed by atoms with E-state index in [2.05, 4.69) is 0 Å². The van der Waals surface area contributed by atoms with Crippen LogP contribution in [0.3, 0.4) is 0 Å². The molecule has 0 spiro atoms. The summed E-state index contributed by atoms with van der Waals surface area (Å²) < 4.78 is 14.4. The summed E-state index contributed by atoms with van der Waals surface area (Å²) in [6.07, 6.45) is 3.36. The molecule has 1 unspecified atom stereocenters. The molecular weight excluding hydrogens is 329 g/mol. The van der Waals surface area contributed by atoms with Gasteiger partial charge in [0.15, 0.2) is 0 Å². The summed E-state index contributed by atoms with van der Waals surface area (Å²) in [4.78, 5) is 26.3. The summed E-state index contributed by atoms with van der Waals surface area (Å²) in [6, 6.07) is 4.56. The Labute approximate surface area is 143 Å². The van der Waals surface area contributed by atoms with Crippen molar-refractivity contribution in [2.75, 3.05) is 6.54 Å².